The fraction of sp³-hybridized carbons (Fsp3) is 0.909. The first-order valence-electron chi connectivity index (χ1n) is 5.80. The van der Waals surface area contributed by atoms with Crippen LogP contribution in [0.1, 0.15) is 33.6 Å². The van der Waals surface area contributed by atoms with Crippen LogP contribution in [0.2, 0.25) is 0 Å². The van der Waals surface area contributed by atoms with Crippen molar-refractivity contribution in [3.63, 3.8) is 0 Å². The summed E-state index contributed by atoms with van der Waals surface area (Å²) in [6, 6.07) is 0. The van der Waals surface area contributed by atoms with Crippen LogP contribution < -0.4 is 0 Å². The molecule has 0 N–H and O–H groups in total. The molecule has 1 aliphatic rings. The Kier molecular flexibility index (Phi) is 6.36. The van der Waals surface area contributed by atoms with Gasteiger partial charge in [0.1, 0.15) is 5.60 Å². The number of likely N-dealkylation sites (tertiary alicyclic amines) is 1. The maximum absolute atomic E-state index is 11.8. The molecule has 17 heavy (non-hydrogen) atoms. The fourth-order valence-electron chi connectivity index (χ4n) is 1.73. The number of carbonyl (C=O) groups is 1. The van der Waals surface area contributed by atoms with Crippen LogP contribution in [0.3, 0.4) is 0 Å². The third kappa shape index (κ3) is 6.15. The zero-order chi connectivity index (χ0) is 12.9. The van der Waals surface area contributed by atoms with Crippen molar-refractivity contribution in [2.45, 2.75) is 39.2 Å². The lowest BCUT2D eigenvalue weighted by atomic mass is 9.98. The van der Waals surface area contributed by atoms with Crippen LogP contribution >= 0.6 is 30.4 Å². The van der Waals surface area contributed by atoms with Gasteiger partial charge in [0.15, 0.2) is 0 Å². The van der Waals surface area contributed by atoms with E-state index in [4.69, 9.17) is 8.92 Å². The second-order valence-corrected chi connectivity index (χ2v) is 6.70. The number of nitrogens with zero attached hydrogens (tertiary/aromatic N) is 1. The average Bonchev–Trinajstić information content (AvgIpc) is 2.24. The molecular weight excluding hydrogens is 353 g/mol. The van der Waals surface area contributed by atoms with Gasteiger partial charge in [-0.2, -0.15) is 0 Å². The Bertz CT molecular complexity index is 250. The summed E-state index contributed by atoms with van der Waals surface area (Å²) in [5, 5.41) is 0. The number of piperidine rings is 1. The van der Waals surface area contributed by atoms with E-state index in [0.29, 0.717) is 5.92 Å². The molecule has 1 heterocycles. The Morgan fingerprint density at radius 1 is 1.41 bits per heavy atom. The normalized spacial score (nSPS) is 18.2. The van der Waals surface area contributed by atoms with Crippen LogP contribution in [0.25, 0.3) is 0 Å². The summed E-state index contributed by atoms with van der Waals surface area (Å²) in [5.41, 5.74) is -0.408. The van der Waals surface area contributed by atoms with E-state index in [0.717, 1.165) is 32.5 Å². The van der Waals surface area contributed by atoms with Crippen LogP contribution in [0.5, 0.6) is 0 Å². The predicted molar refractivity (Wildman–Crippen MR) is 78.1 cm³/mol. The van der Waals surface area contributed by atoms with E-state index in [9.17, 15) is 4.79 Å². The first-order valence-corrected chi connectivity index (χ1v) is 9.09. The van der Waals surface area contributed by atoms with Gasteiger partial charge in [-0.3, -0.25) is 0 Å². The van der Waals surface area contributed by atoms with Crippen molar-refractivity contribution >= 4 is 36.5 Å². The summed E-state index contributed by atoms with van der Waals surface area (Å²) >= 11 is 2.12. The van der Waals surface area contributed by atoms with Crippen LogP contribution in [0.4, 0.5) is 4.79 Å². The third-order valence-electron chi connectivity index (χ3n) is 2.61. The first kappa shape index (κ1) is 15.4. The Morgan fingerprint density at radius 3 is 2.47 bits per heavy atom. The van der Waals surface area contributed by atoms with Crippen LogP contribution in [-0.4, -0.2) is 36.3 Å². The number of hydrogen-bond donors (Lipinski definition) is 0. The molecular formula is C11H20INO3S. The molecule has 1 aliphatic heterocycles. The molecule has 0 saturated carbocycles. The number of carbonyl (C=O) groups excluding carboxylic acids is 1. The van der Waals surface area contributed by atoms with E-state index in [-0.39, 0.29) is 6.09 Å². The van der Waals surface area contributed by atoms with Gasteiger partial charge in [-0.05, 0) is 39.5 Å². The molecule has 0 aromatic rings. The monoisotopic (exact) mass is 373 g/mol. The van der Waals surface area contributed by atoms with E-state index >= 15 is 0 Å². The van der Waals surface area contributed by atoms with Gasteiger partial charge in [0, 0.05) is 34.3 Å². The highest BCUT2D eigenvalue weighted by Gasteiger charge is 2.26. The Labute approximate surface area is 120 Å². The smallest absolute Gasteiger partial charge is 0.410 e. The highest BCUT2D eigenvalue weighted by Crippen LogP contribution is 2.22. The second-order valence-electron chi connectivity index (χ2n) is 5.26. The van der Waals surface area contributed by atoms with Gasteiger partial charge in [0.2, 0.25) is 0 Å². The van der Waals surface area contributed by atoms with Crippen molar-refractivity contribution in [2.24, 2.45) is 5.92 Å². The van der Waals surface area contributed by atoms with Crippen molar-refractivity contribution in [3.05, 3.63) is 0 Å². The van der Waals surface area contributed by atoms with Crippen LogP contribution in [0, 0.1) is 5.92 Å². The molecule has 100 valence electrons. The minimum Gasteiger partial charge on any atom is -0.444 e. The molecule has 0 bridgehead atoms. The zero-order valence-corrected chi connectivity index (χ0v) is 13.5. The summed E-state index contributed by atoms with van der Waals surface area (Å²) in [6.07, 6.45) is 1.80. The van der Waals surface area contributed by atoms with Gasteiger partial charge in [0.25, 0.3) is 0 Å². The van der Waals surface area contributed by atoms with Crippen molar-refractivity contribution in [3.8, 4) is 0 Å². The maximum Gasteiger partial charge on any atom is 0.410 e. The largest absolute Gasteiger partial charge is 0.444 e. The van der Waals surface area contributed by atoms with Crippen LogP contribution in [-0.2, 0) is 8.92 Å². The first-order chi connectivity index (χ1) is 7.92. The Morgan fingerprint density at radius 2 is 2.00 bits per heavy atom. The van der Waals surface area contributed by atoms with Gasteiger partial charge < -0.3 is 13.8 Å². The topological polar surface area (TPSA) is 38.8 Å². The molecule has 0 aromatic carbocycles. The highest BCUT2D eigenvalue weighted by molar-refractivity contribution is 14.2. The van der Waals surface area contributed by atoms with Crippen LogP contribution in [0.15, 0.2) is 0 Å². The fourth-order valence-corrected chi connectivity index (χ4v) is 2.41. The van der Waals surface area contributed by atoms with E-state index in [1.807, 2.05) is 20.8 Å². The van der Waals surface area contributed by atoms with Gasteiger partial charge in [-0.15, -0.1) is 0 Å². The molecule has 1 rings (SSSR count). The molecule has 1 fully saturated rings. The quantitative estimate of drug-likeness (QED) is 0.559. The number of rotatable bonds is 3. The van der Waals surface area contributed by atoms with Gasteiger partial charge >= 0.3 is 6.09 Å². The molecule has 4 nitrogen and oxygen atoms in total. The lowest BCUT2D eigenvalue weighted by Gasteiger charge is -2.33. The Balaban J connectivity index is 2.29. The van der Waals surface area contributed by atoms with Gasteiger partial charge in [-0.25, -0.2) is 4.79 Å². The summed E-state index contributed by atoms with van der Waals surface area (Å²) in [6.45, 7) is 7.99. The van der Waals surface area contributed by atoms with E-state index in [2.05, 4.69) is 21.2 Å². The van der Waals surface area contributed by atoms with Gasteiger partial charge in [0.05, 0.1) is 15.8 Å². The number of ether oxygens (including phenoxy) is 1. The number of amides is 1. The second kappa shape index (κ2) is 7.04. The lowest BCUT2D eigenvalue weighted by molar-refractivity contribution is 0.0169. The summed E-state index contributed by atoms with van der Waals surface area (Å²) in [7, 11) is 1.38. The molecule has 0 atom stereocenters. The summed E-state index contributed by atoms with van der Waals surface area (Å²) in [5.74, 6) is 0.566. The molecule has 0 aliphatic carbocycles. The lowest BCUT2D eigenvalue weighted by Crippen LogP contribution is -2.42. The molecule has 6 heteroatoms. The summed E-state index contributed by atoms with van der Waals surface area (Å²) in [4.78, 5) is 13.6. The molecule has 0 radical (unpaired) electrons. The standard InChI is InChI=1S/C11H20INO3S/c1-11(2,3)16-10(14)13-6-4-9(5-7-13)8-15-17-12/h9H,4-8H2,1-3H3. The summed E-state index contributed by atoms with van der Waals surface area (Å²) < 4.78 is 10.7. The number of hydrogen-bond acceptors (Lipinski definition) is 4. The minimum atomic E-state index is -0.408. The predicted octanol–water partition coefficient (Wildman–Crippen LogP) is 3.65. The SMILES string of the molecule is CC(C)(C)OC(=O)N1CCC(COSI)CC1. The van der Waals surface area contributed by atoms with Crippen molar-refractivity contribution in [1.29, 1.82) is 0 Å². The zero-order valence-electron chi connectivity index (χ0n) is 10.6. The molecule has 0 spiro atoms. The molecule has 1 saturated heterocycles. The molecule has 0 aromatic heterocycles. The minimum absolute atomic E-state index is 0.194. The third-order valence-corrected chi connectivity index (χ3v) is 3.60. The molecule has 0 unspecified atom stereocenters. The van der Waals surface area contributed by atoms with Crippen molar-refractivity contribution < 1.29 is 13.7 Å². The molecule has 1 amide bonds. The number of halogens is 1. The maximum atomic E-state index is 11.8. The van der Waals surface area contributed by atoms with Crippen molar-refractivity contribution in [2.75, 3.05) is 19.7 Å². The van der Waals surface area contributed by atoms with Crippen molar-refractivity contribution in [1.82, 2.24) is 4.90 Å². The average molecular weight is 373 g/mol. The van der Waals surface area contributed by atoms with E-state index < -0.39 is 5.60 Å². The van der Waals surface area contributed by atoms with E-state index in [1.165, 1.54) is 9.21 Å². The van der Waals surface area contributed by atoms with Gasteiger partial charge in [-0.1, -0.05) is 0 Å². The highest BCUT2D eigenvalue weighted by atomic mass is 127. The van der Waals surface area contributed by atoms with E-state index in [1.54, 1.807) is 4.90 Å². The Hall–Kier alpha value is 0.310.